The van der Waals surface area contributed by atoms with Gasteiger partial charge in [0, 0.05) is 12.0 Å². The molecule has 0 unspecified atom stereocenters. The van der Waals surface area contributed by atoms with Gasteiger partial charge in [-0.25, -0.2) is 9.97 Å². The van der Waals surface area contributed by atoms with Gasteiger partial charge in [-0.05, 0) is 58.0 Å². The number of nitrogen functional groups attached to an aromatic ring is 1. The van der Waals surface area contributed by atoms with E-state index < -0.39 is 11.7 Å². The van der Waals surface area contributed by atoms with E-state index in [1.807, 2.05) is 20.2 Å². The molecule has 1 aliphatic carbocycles. The topological polar surface area (TPSA) is 99.1 Å². The summed E-state index contributed by atoms with van der Waals surface area (Å²) in [4.78, 5) is 10.6. The lowest BCUT2D eigenvalue weighted by Gasteiger charge is -2.32. The van der Waals surface area contributed by atoms with Crippen LogP contribution in [-0.2, 0) is 6.18 Å². The highest BCUT2D eigenvalue weighted by Gasteiger charge is 2.32. The summed E-state index contributed by atoms with van der Waals surface area (Å²) in [6, 6.07) is 4.99. The molecule has 0 aliphatic heterocycles. The molecule has 1 fully saturated rings. The lowest BCUT2D eigenvalue weighted by Crippen LogP contribution is -2.32. The number of phenolic OH excluding ortho intramolecular Hbond substituents is 1. The highest BCUT2D eigenvalue weighted by Crippen LogP contribution is 2.39. The van der Waals surface area contributed by atoms with Gasteiger partial charge in [0.2, 0.25) is 0 Å². The van der Waals surface area contributed by atoms with Crippen LogP contribution in [0.15, 0.2) is 18.2 Å². The van der Waals surface area contributed by atoms with E-state index in [1.165, 1.54) is 0 Å². The van der Waals surface area contributed by atoms with E-state index in [-0.39, 0.29) is 34.4 Å². The number of nitrogens with two attached hydrogens (primary N) is 1. The van der Waals surface area contributed by atoms with E-state index in [1.54, 1.807) is 0 Å². The van der Waals surface area contributed by atoms with Gasteiger partial charge in [-0.3, -0.25) is 0 Å². The van der Waals surface area contributed by atoms with Crippen molar-refractivity contribution in [3.8, 4) is 23.2 Å². The minimum Gasteiger partial charge on any atom is -0.507 e. The SMILES string of the molecule is CN(C)C1CCC(c2nc(-c3cc(C(F)(F)F)ccc3O)nc(N)c2C#N)CC1. The Balaban J connectivity index is 2.05. The third kappa shape index (κ3) is 4.27. The van der Waals surface area contributed by atoms with E-state index in [0.29, 0.717) is 11.7 Å². The molecule has 154 valence electrons. The minimum atomic E-state index is -4.58. The first-order valence-electron chi connectivity index (χ1n) is 9.26. The smallest absolute Gasteiger partial charge is 0.416 e. The molecule has 6 nitrogen and oxygen atoms in total. The van der Waals surface area contributed by atoms with Gasteiger partial charge in [0.15, 0.2) is 5.82 Å². The van der Waals surface area contributed by atoms with E-state index >= 15 is 0 Å². The number of nitrogens with zero attached hydrogens (tertiary/aromatic N) is 4. The first kappa shape index (κ1) is 20.9. The summed E-state index contributed by atoms with van der Waals surface area (Å²) >= 11 is 0. The third-order valence-corrected chi connectivity index (χ3v) is 5.46. The Bertz CT molecular complexity index is 944. The molecule has 9 heteroatoms. The molecule has 2 aromatic rings. The number of alkyl halides is 3. The molecule has 0 radical (unpaired) electrons. The quantitative estimate of drug-likeness (QED) is 0.803. The summed E-state index contributed by atoms with van der Waals surface area (Å²) < 4.78 is 39.3. The lowest BCUT2D eigenvalue weighted by atomic mass is 9.82. The van der Waals surface area contributed by atoms with E-state index in [4.69, 9.17) is 5.73 Å². The maximum atomic E-state index is 13.1. The van der Waals surface area contributed by atoms with Crippen LogP contribution in [0.25, 0.3) is 11.4 Å². The summed E-state index contributed by atoms with van der Waals surface area (Å²) in [7, 11) is 4.03. The molecule has 1 aromatic heterocycles. The number of phenols is 1. The number of anilines is 1. The Morgan fingerprint density at radius 1 is 1.17 bits per heavy atom. The molecule has 3 N–H and O–H groups in total. The second-order valence-corrected chi connectivity index (χ2v) is 7.50. The van der Waals surface area contributed by atoms with Crippen molar-refractivity contribution in [2.24, 2.45) is 0 Å². The molecule has 1 aliphatic rings. The Labute approximate surface area is 166 Å². The van der Waals surface area contributed by atoms with Gasteiger partial charge >= 0.3 is 6.18 Å². The van der Waals surface area contributed by atoms with Gasteiger partial charge in [-0.15, -0.1) is 0 Å². The minimum absolute atomic E-state index is 0.0437. The Hall–Kier alpha value is -2.86. The number of hydrogen-bond acceptors (Lipinski definition) is 6. The third-order valence-electron chi connectivity index (χ3n) is 5.46. The van der Waals surface area contributed by atoms with Crippen LogP contribution in [0.1, 0.15) is 48.4 Å². The summed E-state index contributed by atoms with van der Waals surface area (Å²) in [5.74, 6) is -0.643. The van der Waals surface area contributed by atoms with Crippen LogP contribution in [0.2, 0.25) is 0 Å². The molecule has 1 heterocycles. The summed E-state index contributed by atoms with van der Waals surface area (Å²) in [5.41, 5.74) is 5.43. The van der Waals surface area contributed by atoms with Crippen LogP contribution in [0.4, 0.5) is 19.0 Å². The zero-order valence-electron chi connectivity index (χ0n) is 16.2. The number of benzene rings is 1. The zero-order chi connectivity index (χ0) is 21.3. The van der Waals surface area contributed by atoms with Gasteiger partial charge in [0.1, 0.15) is 23.2 Å². The maximum Gasteiger partial charge on any atom is 0.416 e. The molecular weight excluding hydrogens is 383 g/mol. The number of hydrogen-bond donors (Lipinski definition) is 2. The summed E-state index contributed by atoms with van der Waals surface area (Å²) in [6.07, 6.45) is -1.19. The second-order valence-electron chi connectivity index (χ2n) is 7.50. The van der Waals surface area contributed by atoms with E-state index in [0.717, 1.165) is 43.9 Å². The molecule has 3 rings (SSSR count). The average Bonchev–Trinajstić information content (AvgIpc) is 2.67. The monoisotopic (exact) mass is 405 g/mol. The standard InChI is InChI=1S/C20H22F3N5O/c1-28(2)13-6-3-11(4-7-13)17-15(10-24)18(25)27-19(26-17)14-9-12(20(21,22)23)5-8-16(14)29/h5,8-9,11,13,29H,3-4,6-7H2,1-2H3,(H2,25,26,27). The maximum absolute atomic E-state index is 13.1. The van der Waals surface area contributed by atoms with Crippen molar-refractivity contribution in [1.82, 2.24) is 14.9 Å². The van der Waals surface area contributed by atoms with Crippen LogP contribution in [-0.4, -0.2) is 40.1 Å². The molecular formula is C20H22F3N5O. The fourth-order valence-electron chi connectivity index (χ4n) is 3.78. The fourth-order valence-corrected chi connectivity index (χ4v) is 3.78. The zero-order valence-corrected chi connectivity index (χ0v) is 16.2. The van der Waals surface area contributed by atoms with Crippen molar-refractivity contribution in [2.45, 2.75) is 43.8 Å². The average molecular weight is 405 g/mol. The summed E-state index contributed by atoms with van der Waals surface area (Å²) in [6.45, 7) is 0. The van der Waals surface area contributed by atoms with Gasteiger partial charge < -0.3 is 15.7 Å². The summed E-state index contributed by atoms with van der Waals surface area (Å²) in [5, 5.41) is 19.6. The molecule has 0 saturated heterocycles. The first-order chi connectivity index (χ1) is 13.6. The Morgan fingerprint density at radius 2 is 1.83 bits per heavy atom. The Morgan fingerprint density at radius 3 is 2.38 bits per heavy atom. The number of rotatable bonds is 3. The van der Waals surface area contributed by atoms with Crippen molar-refractivity contribution in [3.05, 3.63) is 35.0 Å². The molecule has 0 bridgehead atoms. The largest absolute Gasteiger partial charge is 0.507 e. The molecule has 1 saturated carbocycles. The van der Waals surface area contributed by atoms with Crippen molar-refractivity contribution >= 4 is 5.82 Å². The number of aromatic nitrogens is 2. The van der Waals surface area contributed by atoms with Gasteiger partial charge in [0.05, 0.1) is 16.8 Å². The Kier molecular flexibility index (Phi) is 5.66. The number of aromatic hydroxyl groups is 1. The molecule has 0 spiro atoms. The van der Waals surface area contributed by atoms with Crippen LogP contribution < -0.4 is 5.73 Å². The van der Waals surface area contributed by atoms with Crippen LogP contribution in [0.3, 0.4) is 0 Å². The number of halogens is 3. The fraction of sp³-hybridized carbons (Fsp3) is 0.450. The predicted octanol–water partition coefficient (Wildman–Crippen LogP) is 3.91. The highest BCUT2D eigenvalue weighted by molar-refractivity contribution is 5.68. The lowest BCUT2D eigenvalue weighted by molar-refractivity contribution is -0.137. The van der Waals surface area contributed by atoms with Crippen molar-refractivity contribution < 1.29 is 18.3 Å². The van der Waals surface area contributed by atoms with Crippen molar-refractivity contribution in [1.29, 1.82) is 5.26 Å². The van der Waals surface area contributed by atoms with Gasteiger partial charge in [0.25, 0.3) is 0 Å². The van der Waals surface area contributed by atoms with Gasteiger partial charge in [-0.2, -0.15) is 18.4 Å². The van der Waals surface area contributed by atoms with Gasteiger partial charge in [-0.1, -0.05) is 0 Å². The van der Waals surface area contributed by atoms with Crippen molar-refractivity contribution in [2.75, 3.05) is 19.8 Å². The predicted molar refractivity (Wildman–Crippen MR) is 102 cm³/mol. The first-order valence-corrected chi connectivity index (χ1v) is 9.26. The number of nitriles is 1. The van der Waals surface area contributed by atoms with Crippen molar-refractivity contribution in [3.63, 3.8) is 0 Å². The molecule has 0 atom stereocenters. The highest BCUT2D eigenvalue weighted by atomic mass is 19.4. The second kappa shape index (κ2) is 7.87. The molecule has 0 amide bonds. The normalized spacial score (nSPS) is 19.9. The molecule has 29 heavy (non-hydrogen) atoms. The molecule has 1 aromatic carbocycles. The van der Waals surface area contributed by atoms with E-state index in [2.05, 4.69) is 14.9 Å². The van der Waals surface area contributed by atoms with E-state index in [9.17, 15) is 23.5 Å². The van der Waals surface area contributed by atoms with Crippen LogP contribution >= 0.6 is 0 Å². The van der Waals surface area contributed by atoms with Crippen LogP contribution in [0, 0.1) is 11.3 Å². The van der Waals surface area contributed by atoms with Crippen LogP contribution in [0.5, 0.6) is 5.75 Å².